The number of pyridine rings is 1. The lowest BCUT2D eigenvalue weighted by Gasteiger charge is -2.08. The van der Waals surface area contributed by atoms with E-state index in [4.69, 9.17) is 0 Å². The predicted octanol–water partition coefficient (Wildman–Crippen LogP) is 2.62. The summed E-state index contributed by atoms with van der Waals surface area (Å²) in [6.07, 6.45) is 0. The van der Waals surface area contributed by atoms with E-state index < -0.39 is 16.5 Å². The fourth-order valence-corrected chi connectivity index (χ4v) is 1.76. The SMILES string of the molecule is Cc1cc(NCc2ccccc2)c([N+](=O)[O-])c(O)n1. The minimum absolute atomic E-state index is 0.263. The first kappa shape index (κ1) is 12.8. The van der Waals surface area contributed by atoms with Gasteiger partial charge in [0.05, 0.1) is 4.92 Å². The number of anilines is 1. The molecule has 1 aromatic carbocycles. The van der Waals surface area contributed by atoms with Gasteiger partial charge in [0, 0.05) is 12.2 Å². The molecular formula is C13H13N3O3. The third kappa shape index (κ3) is 2.98. The van der Waals surface area contributed by atoms with Gasteiger partial charge < -0.3 is 10.4 Å². The Morgan fingerprint density at radius 2 is 2.05 bits per heavy atom. The van der Waals surface area contributed by atoms with Gasteiger partial charge in [-0.05, 0) is 18.6 Å². The number of aromatic nitrogens is 1. The molecular weight excluding hydrogens is 246 g/mol. The van der Waals surface area contributed by atoms with E-state index in [2.05, 4.69) is 10.3 Å². The highest BCUT2D eigenvalue weighted by Crippen LogP contribution is 2.33. The maximum Gasteiger partial charge on any atom is 0.353 e. The Kier molecular flexibility index (Phi) is 3.61. The van der Waals surface area contributed by atoms with Crippen LogP contribution < -0.4 is 5.32 Å². The summed E-state index contributed by atoms with van der Waals surface area (Å²) >= 11 is 0. The molecule has 6 heteroatoms. The second-order valence-electron chi connectivity index (χ2n) is 4.08. The van der Waals surface area contributed by atoms with Crippen molar-refractivity contribution in [3.05, 3.63) is 57.8 Å². The van der Waals surface area contributed by atoms with Crippen molar-refractivity contribution < 1.29 is 10.0 Å². The van der Waals surface area contributed by atoms with Gasteiger partial charge in [0.2, 0.25) is 0 Å². The molecule has 0 aliphatic heterocycles. The molecule has 0 amide bonds. The number of aryl methyl sites for hydroxylation is 1. The zero-order valence-electron chi connectivity index (χ0n) is 10.3. The summed E-state index contributed by atoms with van der Waals surface area (Å²) in [7, 11) is 0. The number of benzene rings is 1. The number of aromatic hydroxyl groups is 1. The number of rotatable bonds is 4. The summed E-state index contributed by atoms with van der Waals surface area (Å²) in [5, 5.41) is 23.4. The third-order valence-corrected chi connectivity index (χ3v) is 2.61. The highest BCUT2D eigenvalue weighted by atomic mass is 16.6. The van der Waals surface area contributed by atoms with Crippen LogP contribution in [-0.4, -0.2) is 15.0 Å². The molecule has 0 aliphatic rings. The van der Waals surface area contributed by atoms with Gasteiger partial charge in [0.1, 0.15) is 5.69 Å². The van der Waals surface area contributed by atoms with E-state index in [0.29, 0.717) is 12.2 Å². The van der Waals surface area contributed by atoms with E-state index in [1.54, 1.807) is 13.0 Å². The molecule has 0 saturated carbocycles. The molecule has 1 aromatic heterocycles. The largest absolute Gasteiger partial charge is 0.488 e. The van der Waals surface area contributed by atoms with Crippen LogP contribution in [0.2, 0.25) is 0 Å². The molecule has 0 atom stereocenters. The average molecular weight is 259 g/mol. The summed E-state index contributed by atoms with van der Waals surface area (Å²) < 4.78 is 0. The zero-order valence-corrected chi connectivity index (χ0v) is 10.3. The van der Waals surface area contributed by atoms with Crippen LogP contribution in [0.15, 0.2) is 36.4 Å². The number of nitro groups is 1. The monoisotopic (exact) mass is 259 g/mol. The fourth-order valence-electron chi connectivity index (χ4n) is 1.76. The van der Waals surface area contributed by atoms with E-state index in [1.807, 2.05) is 30.3 Å². The molecule has 0 spiro atoms. The van der Waals surface area contributed by atoms with Crippen LogP contribution in [-0.2, 0) is 6.54 Å². The quantitative estimate of drug-likeness (QED) is 0.650. The maximum absolute atomic E-state index is 10.9. The van der Waals surface area contributed by atoms with Crippen LogP contribution in [0.25, 0.3) is 0 Å². The van der Waals surface area contributed by atoms with Crippen molar-refractivity contribution in [1.82, 2.24) is 4.98 Å². The van der Waals surface area contributed by atoms with E-state index in [1.165, 1.54) is 0 Å². The first-order valence-corrected chi connectivity index (χ1v) is 5.70. The van der Waals surface area contributed by atoms with E-state index in [9.17, 15) is 15.2 Å². The second-order valence-corrected chi connectivity index (χ2v) is 4.08. The molecule has 0 aliphatic carbocycles. The molecule has 0 fully saturated rings. The van der Waals surface area contributed by atoms with Crippen molar-refractivity contribution in [1.29, 1.82) is 0 Å². The van der Waals surface area contributed by atoms with Crippen molar-refractivity contribution >= 4 is 11.4 Å². The van der Waals surface area contributed by atoms with E-state index in [-0.39, 0.29) is 5.69 Å². The topological polar surface area (TPSA) is 88.3 Å². The number of nitrogens with one attached hydrogen (secondary N) is 1. The van der Waals surface area contributed by atoms with Crippen LogP contribution in [0.5, 0.6) is 5.88 Å². The smallest absolute Gasteiger partial charge is 0.353 e. The Labute approximate surface area is 109 Å². The summed E-state index contributed by atoms with van der Waals surface area (Å²) in [5.41, 5.74) is 1.37. The molecule has 6 nitrogen and oxygen atoms in total. The summed E-state index contributed by atoms with van der Waals surface area (Å²) in [4.78, 5) is 14.0. The minimum atomic E-state index is -0.644. The minimum Gasteiger partial charge on any atom is -0.488 e. The molecule has 2 N–H and O–H groups in total. The van der Waals surface area contributed by atoms with Gasteiger partial charge in [-0.25, -0.2) is 4.98 Å². The first-order valence-electron chi connectivity index (χ1n) is 5.70. The van der Waals surface area contributed by atoms with Crippen LogP contribution in [0, 0.1) is 17.0 Å². The lowest BCUT2D eigenvalue weighted by molar-refractivity contribution is -0.385. The fraction of sp³-hybridized carbons (Fsp3) is 0.154. The lowest BCUT2D eigenvalue weighted by atomic mass is 10.2. The van der Waals surface area contributed by atoms with Gasteiger partial charge in [-0.1, -0.05) is 30.3 Å². The van der Waals surface area contributed by atoms with Crippen molar-refractivity contribution in [3.63, 3.8) is 0 Å². The van der Waals surface area contributed by atoms with Gasteiger partial charge in [-0.3, -0.25) is 10.1 Å². The molecule has 0 bridgehead atoms. The van der Waals surface area contributed by atoms with Crippen LogP contribution in [0.1, 0.15) is 11.3 Å². The number of hydrogen-bond donors (Lipinski definition) is 2. The Balaban J connectivity index is 2.27. The zero-order chi connectivity index (χ0) is 13.8. The molecule has 2 aromatic rings. The standard InChI is InChI=1S/C13H13N3O3/c1-9-7-11(12(16(18)19)13(17)15-9)14-8-10-5-3-2-4-6-10/h2-7H,8H2,1H3,(H2,14,15,17). The first-order chi connectivity index (χ1) is 9.08. The molecule has 1 heterocycles. The summed E-state index contributed by atoms with van der Waals surface area (Å²) in [6.45, 7) is 2.10. The van der Waals surface area contributed by atoms with Crippen molar-refractivity contribution in [2.24, 2.45) is 0 Å². The lowest BCUT2D eigenvalue weighted by Crippen LogP contribution is -2.04. The molecule has 2 rings (SSSR count). The highest BCUT2D eigenvalue weighted by molar-refractivity contribution is 5.66. The number of hydrogen-bond acceptors (Lipinski definition) is 5. The Morgan fingerprint density at radius 1 is 1.37 bits per heavy atom. The van der Waals surface area contributed by atoms with E-state index in [0.717, 1.165) is 5.56 Å². The van der Waals surface area contributed by atoms with Crippen molar-refractivity contribution in [2.45, 2.75) is 13.5 Å². The molecule has 0 radical (unpaired) electrons. The maximum atomic E-state index is 10.9. The molecule has 19 heavy (non-hydrogen) atoms. The van der Waals surface area contributed by atoms with Gasteiger partial charge >= 0.3 is 5.69 Å². The molecule has 98 valence electrons. The Bertz CT molecular complexity index is 600. The highest BCUT2D eigenvalue weighted by Gasteiger charge is 2.21. The van der Waals surface area contributed by atoms with Crippen LogP contribution >= 0.6 is 0 Å². The molecule has 0 unspecified atom stereocenters. The van der Waals surface area contributed by atoms with Gasteiger partial charge in [-0.15, -0.1) is 0 Å². The normalized spacial score (nSPS) is 10.2. The van der Waals surface area contributed by atoms with Crippen LogP contribution in [0.3, 0.4) is 0 Å². The van der Waals surface area contributed by atoms with E-state index >= 15 is 0 Å². The second kappa shape index (κ2) is 5.34. The summed E-state index contributed by atoms with van der Waals surface area (Å²) in [6, 6.07) is 11.0. The third-order valence-electron chi connectivity index (χ3n) is 2.61. The summed E-state index contributed by atoms with van der Waals surface area (Å²) in [5.74, 6) is -0.569. The molecule has 0 saturated heterocycles. The Hall–Kier alpha value is -2.63. The predicted molar refractivity (Wildman–Crippen MR) is 71.1 cm³/mol. The van der Waals surface area contributed by atoms with Gasteiger partial charge in [0.15, 0.2) is 0 Å². The van der Waals surface area contributed by atoms with Crippen LogP contribution in [0.4, 0.5) is 11.4 Å². The van der Waals surface area contributed by atoms with Crippen molar-refractivity contribution in [3.8, 4) is 5.88 Å². The van der Waals surface area contributed by atoms with Crippen molar-refractivity contribution in [2.75, 3.05) is 5.32 Å². The number of nitrogens with zero attached hydrogens (tertiary/aromatic N) is 2. The average Bonchev–Trinajstić information content (AvgIpc) is 2.36. The van der Waals surface area contributed by atoms with Gasteiger partial charge in [0.25, 0.3) is 5.88 Å². The van der Waals surface area contributed by atoms with Gasteiger partial charge in [-0.2, -0.15) is 0 Å². The Morgan fingerprint density at radius 3 is 2.68 bits per heavy atom.